The lowest BCUT2D eigenvalue weighted by atomic mass is 9.88. The molecule has 0 amide bonds. The Morgan fingerprint density at radius 2 is 1.29 bits per heavy atom. The first-order valence-electron chi connectivity index (χ1n) is 14.4. The first-order chi connectivity index (χ1) is 19.8. The van der Waals surface area contributed by atoms with Crippen molar-refractivity contribution in [2.24, 2.45) is 7.05 Å². The molecule has 0 fully saturated rings. The van der Waals surface area contributed by atoms with Crippen molar-refractivity contribution in [1.82, 2.24) is 4.57 Å². The molecule has 0 spiro atoms. The van der Waals surface area contributed by atoms with Gasteiger partial charge in [-0.2, -0.15) is 4.57 Å². The van der Waals surface area contributed by atoms with Crippen LogP contribution in [0.1, 0.15) is 56.2 Å². The Morgan fingerprint density at radius 1 is 0.707 bits per heavy atom. The summed E-state index contributed by atoms with van der Waals surface area (Å²) >= 11 is 0. The third-order valence-electron chi connectivity index (χ3n) is 8.41. The number of benzene rings is 5. The van der Waals surface area contributed by atoms with E-state index in [2.05, 4.69) is 147 Å². The molecule has 0 aliphatic carbocycles. The molecule has 0 atom stereocenters. The van der Waals surface area contributed by atoms with Crippen molar-refractivity contribution in [2.75, 3.05) is 0 Å². The first-order valence-corrected chi connectivity index (χ1v) is 14.4. The van der Waals surface area contributed by atoms with Gasteiger partial charge in [-0.1, -0.05) is 94.4 Å². The van der Waals surface area contributed by atoms with Crippen LogP contribution in [0.2, 0.25) is 0 Å². The molecule has 0 N–H and O–H groups in total. The van der Waals surface area contributed by atoms with Crippen LogP contribution in [0.4, 0.5) is 5.69 Å². The van der Waals surface area contributed by atoms with Gasteiger partial charge in [0, 0.05) is 11.1 Å². The van der Waals surface area contributed by atoms with Crippen molar-refractivity contribution in [3.8, 4) is 28.2 Å². The van der Waals surface area contributed by atoms with Crippen LogP contribution in [0, 0.1) is 13.5 Å². The Hall–Kier alpha value is -4.68. The molecular formula is C38H36N3+. The lowest BCUT2D eigenvalue weighted by Crippen LogP contribution is -2.30. The molecular weight excluding hydrogens is 498 g/mol. The van der Waals surface area contributed by atoms with Crippen molar-refractivity contribution >= 4 is 27.5 Å². The average molecular weight is 535 g/mol. The van der Waals surface area contributed by atoms with Crippen molar-refractivity contribution in [3.63, 3.8) is 0 Å². The number of hydrogen-bond donors (Lipinski definition) is 0. The molecule has 41 heavy (non-hydrogen) atoms. The summed E-state index contributed by atoms with van der Waals surface area (Å²) in [7, 11) is 2.16. The monoisotopic (exact) mass is 534 g/mol. The highest BCUT2D eigenvalue weighted by Gasteiger charge is 2.32. The molecule has 0 bridgehead atoms. The van der Waals surface area contributed by atoms with Gasteiger partial charge in [-0.15, -0.1) is 0 Å². The maximum absolute atomic E-state index is 8.03. The normalized spacial score (nSPS) is 11.6. The third kappa shape index (κ3) is 4.32. The third-order valence-corrected chi connectivity index (χ3v) is 8.41. The molecule has 0 saturated carbocycles. The van der Waals surface area contributed by atoms with E-state index in [0.717, 1.165) is 33.2 Å². The zero-order valence-corrected chi connectivity index (χ0v) is 24.7. The molecule has 0 aliphatic rings. The first kappa shape index (κ1) is 26.5. The summed E-state index contributed by atoms with van der Waals surface area (Å²) in [5, 5.41) is 2.13. The summed E-state index contributed by atoms with van der Waals surface area (Å²) < 4.78 is 4.78. The summed E-state index contributed by atoms with van der Waals surface area (Å²) in [6.45, 7) is 19.4. The van der Waals surface area contributed by atoms with E-state index in [1.54, 1.807) is 0 Å². The smallest absolute Gasteiger partial charge is 0.237 e. The van der Waals surface area contributed by atoms with Crippen LogP contribution in [-0.4, -0.2) is 4.57 Å². The van der Waals surface area contributed by atoms with Crippen molar-refractivity contribution in [3.05, 3.63) is 125 Å². The predicted octanol–water partition coefficient (Wildman–Crippen LogP) is 10.0. The molecule has 3 nitrogen and oxygen atoms in total. The van der Waals surface area contributed by atoms with Gasteiger partial charge in [-0.25, -0.2) is 9.41 Å². The highest BCUT2D eigenvalue weighted by Crippen LogP contribution is 2.42. The van der Waals surface area contributed by atoms with Gasteiger partial charge in [-0.3, -0.25) is 0 Å². The zero-order valence-electron chi connectivity index (χ0n) is 24.7. The number of imidazole rings is 1. The van der Waals surface area contributed by atoms with Gasteiger partial charge < -0.3 is 0 Å². The molecule has 0 unspecified atom stereocenters. The van der Waals surface area contributed by atoms with Gasteiger partial charge in [0.25, 0.3) is 5.82 Å². The van der Waals surface area contributed by atoms with E-state index in [-0.39, 0.29) is 0 Å². The second-order valence-corrected chi connectivity index (χ2v) is 11.6. The Kier molecular flexibility index (Phi) is 6.72. The molecule has 0 aliphatic heterocycles. The number of fused-ring (bicyclic) bond motifs is 2. The highest BCUT2D eigenvalue weighted by molar-refractivity contribution is 6.01. The maximum Gasteiger partial charge on any atom is 0.293 e. The van der Waals surface area contributed by atoms with Crippen LogP contribution in [0.25, 0.3) is 54.9 Å². The minimum atomic E-state index is 0.307. The van der Waals surface area contributed by atoms with E-state index in [1.165, 1.54) is 33.5 Å². The summed E-state index contributed by atoms with van der Waals surface area (Å²) in [6, 6.07) is 34.5. The molecule has 6 aromatic rings. The molecule has 3 heteroatoms. The number of aryl methyl sites for hydroxylation is 2. The van der Waals surface area contributed by atoms with Gasteiger partial charge in [-0.05, 0) is 76.6 Å². The van der Waals surface area contributed by atoms with Crippen LogP contribution in [0.15, 0.2) is 97.1 Å². The second kappa shape index (κ2) is 10.4. The number of rotatable bonds is 5. The minimum absolute atomic E-state index is 0.307. The number of hydrogen-bond acceptors (Lipinski definition) is 0. The number of aromatic nitrogens is 2. The summed E-state index contributed by atoms with van der Waals surface area (Å²) in [5.41, 5.74) is 11.7. The molecule has 0 radical (unpaired) electrons. The molecule has 5 aromatic carbocycles. The van der Waals surface area contributed by atoms with Gasteiger partial charge >= 0.3 is 0 Å². The SMILES string of the molecule is [C-]#[N+]c1cc(-c2n(-c3c(C(C)C)cc(-c4ccccc4)cc3C(C)C)c3ccccc3[n+]2C)c(C)c2ccccc12. The molecule has 202 valence electrons. The lowest BCUT2D eigenvalue weighted by Gasteiger charge is -2.21. The molecule has 1 heterocycles. The van der Waals surface area contributed by atoms with Crippen LogP contribution in [0.5, 0.6) is 0 Å². The summed E-state index contributed by atoms with van der Waals surface area (Å²) in [4.78, 5) is 3.98. The Morgan fingerprint density at radius 3 is 1.93 bits per heavy atom. The minimum Gasteiger partial charge on any atom is -0.237 e. The van der Waals surface area contributed by atoms with Gasteiger partial charge in [0.2, 0.25) is 0 Å². The van der Waals surface area contributed by atoms with Crippen molar-refractivity contribution in [1.29, 1.82) is 0 Å². The van der Waals surface area contributed by atoms with E-state index in [0.29, 0.717) is 17.5 Å². The fraction of sp³-hybridized carbons (Fsp3) is 0.211. The van der Waals surface area contributed by atoms with Crippen LogP contribution >= 0.6 is 0 Å². The van der Waals surface area contributed by atoms with Gasteiger partial charge in [0.05, 0.1) is 19.2 Å². The summed E-state index contributed by atoms with van der Waals surface area (Å²) in [5.74, 6) is 1.71. The van der Waals surface area contributed by atoms with Gasteiger partial charge in [0.15, 0.2) is 16.7 Å². The van der Waals surface area contributed by atoms with E-state index in [1.807, 2.05) is 6.07 Å². The molecule has 6 rings (SSSR count). The van der Waals surface area contributed by atoms with E-state index in [9.17, 15) is 0 Å². The summed E-state index contributed by atoms with van der Waals surface area (Å²) in [6.07, 6.45) is 0. The van der Waals surface area contributed by atoms with Crippen molar-refractivity contribution in [2.45, 2.75) is 46.5 Å². The topological polar surface area (TPSA) is 13.2 Å². The van der Waals surface area contributed by atoms with Crippen LogP contribution < -0.4 is 4.57 Å². The fourth-order valence-corrected chi connectivity index (χ4v) is 6.28. The maximum atomic E-state index is 8.03. The molecule has 0 saturated heterocycles. The predicted molar refractivity (Wildman–Crippen MR) is 172 cm³/mol. The number of nitrogens with zero attached hydrogens (tertiary/aromatic N) is 3. The van der Waals surface area contributed by atoms with Crippen LogP contribution in [0.3, 0.4) is 0 Å². The molecule has 1 aromatic heterocycles. The van der Waals surface area contributed by atoms with Crippen LogP contribution in [-0.2, 0) is 7.05 Å². The standard InChI is InChI=1S/C38H36N3/c1-24(2)31-21-28(27-15-9-8-10-16-27)22-32(25(3)4)37(31)41-36-20-14-13-19-35(36)40(7)38(41)33-23-34(39-6)30-18-12-11-17-29(30)26(33)5/h8-25H,1-5,7H3/q+1. The van der Waals surface area contributed by atoms with E-state index < -0.39 is 0 Å². The van der Waals surface area contributed by atoms with E-state index >= 15 is 0 Å². The van der Waals surface area contributed by atoms with Gasteiger partial charge in [0.1, 0.15) is 5.69 Å². The Bertz CT molecular complexity index is 1940. The number of para-hydroxylation sites is 2. The lowest BCUT2D eigenvalue weighted by molar-refractivity contribution is -0.633. The van der Waals surface area contributed by atoms with E-state index in [4.69, 9.17) is 6.57 Å². The average Bonchev–Trinajstić information content (AvgIpc) is 3.28. The van der Waals surface area contributed by atoms with Crippen molar-refractivity contribution < 1.29 is 4.57 Å². The fourth-order valence-electron chi connectivity index (χ4n) is 6.28. The Balaban J connectivity index is 1.79. The zero-order chi connectivity index (χ0) is 28.8. The Labute approximate surface area is 243 Å². The highest BCUT2D eigenvalue weighted by atomic mass is 15.2. The second-order valence-electron chi connectivity index (χ2n) is 11.6. The largest absolute Gasteiger partial charge is 0.293 e. The quantitative estimate of drug-likeness (QED) is 0.154.